The zero-order valence-corrected chi connectivity index (χ0v) is 12.4. The SMILES string of the molecule is N#Cc1[nH]nnc1-c1csc(Oc2ccc(OC(F)(F)F)cc2)n1. The number of nitrogens with one attached hydrogen (secondary N) is 1. The molecule has 7 nitrogen and oxygen atoms in total. The van der Waals surface area contributed by atoms with Crippen molar-refractivity contribution < 1.29 is 22.6 Å². The Labute approximate surface area is 136 Å². The normalized spacial score (nSPS) is 11.1. The summed E-state index contributed by atoms with van der Waals surface area (Å²) >= 11 is 1.14. The van der Waals surface area contributed by atoms with Crippen molar-refractivity contribution in [2.45, 2.75) is 6.36 Å². The number of hydrogen-bond acceptors (Lipinski definition) is 7. The topological polar surface area (TPSA) is 96.7 Å². The highest BCUT2D eigenvalue weighted by Gasteiger charge is 2.31. The molecule has 1 aromatic carbocycles. The van der Waals surface area contributed by atoms with Gasteiger partial charge in [0.15, 0.2) is 5.69 Å². The van der Waals surface area contributed by atoms with Crippen molar-refractivity contribution >= 4 is 11.3 Å². The summed E-state index contributed by atoms with van der Waals surface area (Å²) in [5.74, 6) is -0.0676. The summed E-state index contributed by atoms with van der Waals surface area (Å²) in [6.07, 6.45) is -4.75. The van der Waals surface area contributed by atoms with Gasteiger partial charge in [0.2, 0.25) is 0 Å². The molecule has 1 N–H and O–H groups in total. The van der Waals surface area contributed by atoms with Crippen molar-refractivity contribution in [2.75, 3.05) is 0 Å². The Morgan fingerprint density at radius 3 is 2.54 bits per heavy atom. The van der Waals surface area contributed by atoms with Gasteiger partial charge in [0.25, 0.3) is 5.19 Å². The van der Waals surface area contributed by atoms with Gasteiger partial charge in [-0.15, -0.1) is 18.3 Å². The standard InChI is InChI=1S/C13H6F3N5O2S/c14-13(15,16)23-8-3-1-7(2-4-8)22-12-18-10(6-24-12)11-9(5-17)19-21-20-11/h1-4,6H,(H,19,20,21). The van der Waals surface area contributed by atoms with Crippen LogP contribution in [0.5, 0.6) is 16.7 Å². The van der Waals surface area contributed by atoms with Gasteiger partial charge in [-0.25, -0.2) is 10.1 Å². The van der Waals surface area contributed by atoms with Crippen LogP contribution in [-0.2, 0) is 0 Å². The third kappa shape index (κ3) is 3.61. The summed E-state index contributed by atoms with van der Waals surface area (Å²) in [7, 11) is 0. The maximum Gasteiger partial charge on any atom is 0.573 e. The fourth-order valence-electron chi connectivity index (χ4n) is 1.71. The van der Waals surface area contributed by atoms with Crippen LogP contribution in [0.2, 0.25) is 0 Å². The Kier molecular flexibility index (Phi) is 4.05. The lowest BCUT2D eigenvalue weighted by atomic mass is 10.3. The number of hydrogen-bond donors (Lipinski definition) is 1. The van der Waals surface area contributed by atoms with Crippen LogP contribution in [-0.4, -0.2) is 26.8 Å². The van der Waals surface area contributed by atoms with Crippen molar-refractivity contribution in [3.63, 3.8) is 0 Å². The molecule has 0 aliphatic rings. The van der Waals surface area contributed by atoms with Gasteiger partial charge in [-0.1, -0.05) is 16.6 Å². The second-order valence-electron chi connectivity index (χ2n) is 4.27. The number of rotatable bonds is 4. The van der Waals surface area contributed by atoms with Gasteiger partial charge in [0.05, 0.1) is 0 Å². The molecule has 3 aromatic rings. The van der Waals surface area contributed by atoms with Crippen LogP contribution in [0, 0.1) is 11.3 Å². The number of ether oxygens (including phenoxy) is 2. The number of nitrogens with zero attached hydrogens (tertiary/aromatic N) is 4. The van der Waals surface area contributed by atoms with Gasteiger partial charge in [0, 0.05) is 5.38 Å². The molecule has 2 aromatic heterocycles. The Hall–Kier alpha value is -3.13. The van der Waals surface area contributed by atoms with Gasteiger partial charge < -0.3 is 9.47 Å². The van der Waals surface area contributed by atoms with Gasteiger partial charge in [0.1, 0.15) is 29.0 Å². The van der Waals surface area contributed by atoms with Gasteiger partial charge in [-0.2, -0.15) is 5.26 Å². The minimum Gasteiger partial charge on any atom is -0.431 e. The average Bonchev–Trinajstić information content (AvgIpc) is 3.16. The minimum absolute atomic E-state index is 0.167. The molecule has 0 atom stereocenters. The van der Waals surface area contributed by atoms with Crippen molar-refractivity contribution in [1.29, 1.82) is 5.26 Å². The average molecular weight is 353 g/mol. The van der Waals surface area contributed by atoms with E-state index in [4.69, 9.17) is 10.00 Å². The Bertz CT molecular complexity index is 882. The first-order valence-corrected chi connectivity index (χ1v) is 7.13. The van der Waals surface area contributed by atoms with E-state index in [1.165, 1.54) is 12.1 Å². The number of H-pyrrole nitrogens is 1. The lowest BCUT2D eigenvalue weighted by molar-refractivity contribution is -0.274. The van der Waals surface area contributed by atoms with Gasteiger partial charge in [-0.05, 0) is 24.3 Å². The third-order valence-corrected chi connectivity index (χ3v) is 3.37. The quantitative estimate of drug-likeness (QED) is 0.771. The number of alkyl halides is 3. The highest BCUT2D eigenvalue weighted by Crippen LogP contribution is 2.31. The molecule has 2 heterocycles. The summed E-state index contributed by atoms with van der Waals surface area (Å²) in [6, 6.07) is 6.79. The molecule has 0 unspecified atom stereocenters. The first kappa shape index (κ1) is 15.8. The lowest BCUT2D eigenvalue weighted by Crippen LogP contribution is -2.16. The molecule has 24 heavy (non-hydrogen) atoms. The molecule has 0 saturated heterocycles. The van der Waals surface area contributed by atoms with Gasteiger partial charge in [-0.3, -0.25) is 0 Å². The second-order valence-corrected chi connectivity index (χ2v) is 5.09. The lowest BCUT2D eigenvalue weighted by Gasteiger charge is -2.09. The van der Waals surface area contributed by atoms with Crippen LogP contribution < -0.4 is 9.47 Å². The van der Waals surface area contributed by atoms with Crippen LogP contribution in [0.1, 0.15) is 5.69 Å². The smallest absolute Gasteiger partial charge is 0.431 e. The monoisotopic (exact) mass is 353 g/mol. The molecule has 0 spiro atoms. The molecule has 0 bridgehead atoms. The summed E-state index contributed by atoms with van der Waals surface area (Å²) in [5, 5.41) is 20.5. The van der Waals surface area contributed by atoms with Crippen LogP contribution in [0.4, 0.5) is 13.2 Å². The Balaban J connectivity index is 1.72. The van der Waals surface area contributed by atoms with Crippen LogP contribution in [0.25, 0.3) is 11.4 Å². The van der Waals surface area contributed by atoms with Crippen LogP contribution >= 0.6 is 11.3 Å². The predicted molar refractivity (Wildman–Crippen MR) is 75.4 cm³/mol. The summed E-state index contributed by atoms with van der Waals surface area (Å²) < 4.78 is 45.5. The van der Waals surface area contributed by atoms with Gasteiger partial charge >= 0.3 is 6.36 Å². The molecule has 3 rings (SSSR count). The maximum absolute atomic E-state index is 12.1. The number of aromatic amines is 1. The second kappa shape index (κ2) is 6.17. The number of thiazole rings is 1. The molecule has 0 aliphatic heterocycles. The summed E-state index contributed by atoms with van der Waals surface area (Å²) in [4.78, 5) is 4.15. The van der Waals surface area contributed by atoms with E-state index < -0.39 is 6.36 Å². The highest BCUT2D eigenvalue weighted by atomic mass is 32.1. The van der Waals surface area contributed by atoms with E-state index in [2.05, 4.69) is 25.1 Å². The van der Waals surface area contributed by atoms with E-state index in [9.17, 15) is 13.2 Å². The third-order valence-electron chi connectivity index (χ3n) is 2.65. The molecule has 0 aliphatic carbocycles. The van der Waals surface area contributed by atoms with Crippen molar-refractivity contribution in [3.05, 3.63) is 35.3 Å². The Morgan fingerprint density at radius 2 is 1.88 bits per heavy atom. The first-order valence-electron chi connectivity index (χ1n) is 6.25. The summed E-state index contributed by atoms with van der Waals surface area (Å²) in [5.41, 5.74) is 0.857. The van der Waals surface area contributed by atoms with E-state index in [1.807, 2.05) is 6.07 Å². The molecule has 0 radical (unpaired) electrons. The minimum atomic E-state index is -4.75. The van der Waals surface area contributed by atoms with E-state index in [0.717, 1.165) is 23.5 Å². The highest BCUT2D eigenvalue weighted by molar-refractivity contribution is 7.11. The first-order chi connectivity index (χ1) is 11.4. The zero-order valence-electron chi connectivity index (χ0n) is 11.5. The number of benzene rings is 1. The number of nitriles is 1. The number of halogens is 3. The van der Waals surface area contributed by atoms with E-state index in [-0.39, 0.29) is 28.1 Å². The Morgan fingerprint density at radius 1 is 1.17 bits per heavy atom. The maximum atomic E-state index is 12.1. The van der Waals surface area contributed by atoms with E-state index in [0.29, 0.717) is 5.69 Å². The molecule has 0 amide bonds. The molecular formula is C13H6F3N5O2S. The number of aromatic nitrogens is 4. The summed E-state index contributed by atoms with van der Waals surface area (Å²) in [6.45, 7) is 0. The molecule has 11 heteroatoms. The van der Waals surface area contributed by atoms with Crippen molar-refractivity contribution in [2.24, 2.45) is 0 Å². The van der Waals surface area contributed by atoms with Crippen LogP contribution in [0.3, 0.4) is 0 Å². The van der Waals surface area contributed by atoms with Crippen LogP contribution in [0.15, 0.2) is 29.6 Å². The van der Waals surface area contributed by atoms with E-state index >= 15 is 0 Å². The molecular weight excluding hydrogens is 347 g/mol. The predicted octanol–water partition coefficient (Wildman–Crippen LogP) is 3.49. The molecule has 122 valence electrons. The molecule has 0 fully saturated rings. The van der Waals surface area contributed by atoms with Crippen molar-refractivity contribution in [1.82, 2.24) is 20.4 Å². The van der Waals surface area contributed by atoms with Crippen molar-refractivity contribution in [3.8, 4) is 34.1 Å². The molecule has 0 saturated carbocycles. The largest absolute Gasteiger partial charge is 0.573 e. The fraction of sp³-hybridized carbons (Fsp3) is 0.0769. The zero-order chi connectivity index (χ0) is 17.2. The van der Waals surface area contributed by atoms with E-state index in [1.54, 1.807) is 5.38 Å². The fourth-order valence-corrected chi connectivity index (χ4v) is 2.38.